The minimum Gasteiger partial charge on any atom is -0.494 e. The molecule has 1 aromatic heterocycles. The minimum absolute atomic E-state index is 0.173. The van der Waals surface area contributed by atoms with E-state index in [2.05, 4.69) is 22.2 Å². The number of hydrogen-bond acceptors (Lipinski definition) is 4. The smallest absolute Gasteiger partial charge is 0.252 e. The van der Waals surface area contributed by atoms with Gasteiger partial charge < -0.3 is 10.1 Å². The van der Waals surface area contributed by atoms with Crippen LogP contribution in [0.1, 0.15) is 19.0 Å². The number of aromatic nitrogens is 2. The molecule has 0 amide bonds. The summed E-state index contributed by atoms with van der Waals surface area (Å²) >= 11 is 0. The Morgan fingerprint density at radius 2 is 2.21 bits per heavy atom. The van der Waals surface area contributed by atoms with Gasteiger partial charge in [0, 0.05) is 23.5 Å². The number of benzene rings is 1. The van der Waals surface area contributed by atoms with Crippen molar-refractivity contribution in [2.24, 2.45) is 0 Å². The van der Waals surface area contributed by atoms with Gasteiger partial charge in [-0.2, -0.15) is 0 Å². The van der Waals surface area contributed by atoms with Crippen molar-refractivity contribution in [2.45, 2.75) is 20.3 Å². The first-order chi connectivity index (χ1) is 9.17. The highest BCUT2D eigenvalue weighted by Gasteiger charge is 2.00. The van der Waals surface area contributed by atoms with Gasteiger partial charge in [-0.1, -0.05) is 13.0 Å². The lowest BCUT2D eigenvalue weighted by molar-refractivity contribution is 0.317. The molecule has 1 aromatic carbocycles. The minimum atomic E-state index is -0.173. The first-order valence-electron chi connectivity index (χ1n) is 6.25. The maximum atomic E-state index is 11.3. The first-order valence-corrected chi connectivity index (χ1v) is 6.25. The van der Waals surface area contributed by atoms with Gasteiger partial charge in [-0.3, -0.25) is 9.78 Å². The average Bonchev–Trinajstić information content (AvgIpc) is 2.35. The van der Waals surface area contributed by atoms with E-state index in [9.17, 15) is 4.79 Å². The van der Waals surface area contributed by atoms with E-state index in [4.69, 9.17) is 4.74 Å². The van der Waals surface area contributed by atoms with Crippen molar-refractivity contribution in [1.29, 1.82) is 0 Å². The molecule has 5 heteroatoms. The van der Waals surface area contributed by atoms with Gasteiger partial charge in [-0.15, -0.1) is 0 Å². The standard InChI is InChI=1S/C14H17N3O2/c1-3-7-19-12-6-4-5-11(9-12)16-14-15-10(2)8-13(18)17-14/h4-6,8-9H,3,7H2,1-2H3,(H2,15,16,17,18). The Bertz CT molecular complexity index is 608. The molecule has 0 unspecified atom stereocenters. The Labute approximate surface area is 111 Å². The zero-order valence-corrected chi connectivity index (χ0v) is 11.1. The molecular formula is C14H17N3O2. The van der Waals surface area contributed by atoms with Crippen molar-refractivity contribution in [3.05, 3.63) is 46.4 Å². The third kappa shape index (κ3) is 3.84. The van der Waals surface area contributed by atoms with Crippen molar-refractivity contribution in [3.63, 3.8) is 0 Å². The molecule has 0 saturated carbocycles. The molecule has 1 heterocycles. The maximum absolute atomic E-state index is 11.3. The lowest BCUT2D eigenvalue weighted by atomic mass is 10.3. The quantitative estimate of drug-likeness (QED) is 0.866. The number of aromatic amines is 1. The topological polar surface area (TPSA) is 67.0 Å². The molecule has 5 nitrogen and oxygen atoms in total. The molecule has 0 aliphatic rings. The summed E-state index contributed by atoms with van der Waals surface area (Å²) < 4.78 is 5.55. The highest BCUT2D eigenvalue weighted by Crippen LogP contribution is 2.19. The van der Waals surface area contributed by atoms with Crippen LogP contribution in [0.5, 0.6) is 5.75 Å². The summed E-state index contributed by atoms with van der Waals surface area (Å²) in [5.74, 6) is 1.22. The van der Waals surface area contributed by atoms with E-state index in [1.54, 1.807) is 6.92 Å². The van der Waals surface area contributed by atoms with E-state index in [0.717, 1.165) is 17.9 Å². The van der Waals surface area contributed by atoms with E-state index in [1.807, 2.05) is 24.3 Å². The summed E-state index contributed by atoms with van der Waals surface area (Å²) in [6.45, 7) is 4.52. The van der Waals surface area contributed by atoms with Crippen LogP contribution in [-0.2, 0) is 0 Å². The van der Waals surface area contributed by atoms with E-state index in [-0.39, 0.29) is 5.56 Å². The second-order valence-electron chi connectivity index (χ2n) is 4.24. The van der Waals surface area contributed by atoms with Crippen LogP contribution in [0.25, 0.3) is 0 Å². The van der Waals surface area contributed by atoms with E-state index < -0.39 is 0 Å². The third-order valence-corrected chi connectivity index (χ3v) is 2.44. The van der Waals surface area contributed by atoms with Crippen LogP contribution in [0.3, 0.4) is 0 Å². The summed E-state index contributed by atoms with van der Waals surface area (Å²) in [4.78, 5) is 18.2. The molecule has 0 saturated heterocycles. The fraction of sp³-hybridized carbons (Fsp3) is 0.286. The Morgan fingerprint density at radius 1 is 1.37 bits per heavy atom. The third-order valence-electron chi connectivity index (χ3n) is 2.44. The SMILES string of the molecule is CCCOc1cccc(Nc2nc(C)cc(=O)[nH]2)c1. The van der Waals surface area contributed by atoms with Gasteiger partial charge >= 0.3 is 0 Å². The summed E-state index contributed by atoms with van der Waals surface area (Å²) in [5, 5.41) is 3.06. The van der Waals surface area contributed by atoms with Gasteiger partial charge in [0.05, 0.1) is 6.61 Å². The molecule has 0 radical (unpaired) electrons. The Balaban J connectivity index is 2.16. The second kappa shape index (κ2) is 6.04. The van der Waals surface area contributed by atoms with Gasteiger partial charge in [-0.05, 0) is 25.5 Å². The number of hydrogen-bond donors (Lipinski definition) is 2. The van der Waals surface area contributed by atoms with Crippen LogP contribution in [0.4, 0.5) is 11.6 Å². The average molecular weight is 259 g/mol. The van der Waals surface area contributed by atoms with Crippen molar-refractivity contribution in [1.82, 2.24) is 9.97 Å². The van der Waals surface area contributed by atoms with E-state index in [0.29, 0.717) is 18.2 Å². The number of anilines is 2. The van der Waals surface area contributed by atoms with Crippen LogP contribution in [-0.4, -0.2) is 16.6 Å². The molecule has 0 fully saturated rings. The fourth-order valence-electron chi connectivity index (χ4n) is 1.66. The number of aryl methyl sites for hydroxylation is 1. The Hall–Kier alpha value is -2.30. The van der Waals surface area contributed by atoms with Crippen LogP contribution in [0.15, 0.2) is 35.1 Å². The predicted molar refractivity (Wildman–Crippen MR) is 75.1 cm³/mol. The molecule has 100 valence electrons. The molecular weight excluding hydrogens is 242 g/mol. The van der Waals surface area contributed by atoms with Crippen molar-refractivity contribution in [3.8, 4) is 5.75 Å². The van der Waals surface area contributed by atoms with E-state index >= 15 is 0 Å². The highest BCUT2D eigenvalue weighted by atomic mass is 16.5. The molecule has 0 spiro atoms. The maximum Gasteiger partial charge on any atom is 0.252 e. The molecule has 2 rings (SSSR count). The van der Waals surface area contributed by atoms with Gasteiger partial charge in [0.15, 0.2) is 0 Å². The molecule has 2 N–H and O–H groups in total. The molecule has 0 aliphatic heterocycles. The molecule has 0 bridgehead atoms. The van der Waals surface area contributed by atoms with Gasteiger partial charge in [0.25, 0.3) is 5.56 Å². The molecule has 2 aromatic rings. The number of ether oxygens (including phenoxy) is 1. The number of nitrogens with zero attached hydrogens (tertiary/aromatic N) is 1. The van der Waals surface area contributed by atoms with E-state index in [1.165, 1.54) is 6.07 Å². The van der Waals surface area contributed by atoms with Crippen molar-refractivity contribution < 1.29 is 4.74 Å². The largest absolute Gasteiger partial charge is 0.494 e. The van der Waals surface area contributed by atoms with Crippen LogP contribution >= 0.6 is 0 Å². The summed E-state index contributed by atoms with van der Waals surface area (Å²) in [6, 6.07) is 9.00. The number of H-pyrrole nitrogens is 1. The van der Waals surface area contributed by atoms with Crippen LogP contribution in [0.2, 0.25) is 0 Å². The predicted octanol–water partition coefficient (Wildman–Crippen LogP) is 2.61. The van der Waals surface area contributed by atoms with Gasteiger partial charge in [-0.25, -0.2) is 4.98 Å². The van der Waals surface area contributed by atoms with Gasteiger partial charge in [0.2, 0.25) is 5.95 Å². The molecule has 0 atom stereocenters. The number of nitrogens with one attached hydrogen (secondary N) is 2. The lowest BCUT2D eigenvalue weighted by Gasteiger charge is -2.08. The monoisotopic (exact) mass is 259 g/mol. The first kappa shape index (κ1) is 13.1. The summed E-state index contributed by atoms with van der Waals surface area (Å²) in [7, 11) is 0. The summed E-state index contributed by atoms with van der Waals surface area (Å²) in [6.07, 6.45) is 0.963. The Kier molecular flexibility index (Phi) is 4.18. The molecule has 0 aliphatic carbocycles. The van der Waals surface area contributed by atoms with Crippen LogP contribution < -0.4 is 15.6 Å². The van der Waals surface area contributed by atoms with Crippen LogP contribution in [0, 0.1) is 6.92 Å². The zero-order valence-electron chi connectivity index (χ0n) is 11.1. The molecule has 19 heavy (non-hydrogen) atoms. The number of rotatable bonds is 5. The van der Waals surface area contributed by atoms with Crippen molar-refractivity contribution in [2.75, 3.05) is 11.9 Å². The highest BCUT2D eigenvalue weighted by molar-refractivity contribution is 5.55. The fourth-order valence-corrected chi connectivity index (χ4v) is 1.66. The van der Waals surface area contributed by atoms with Gasteiger partial charge in [0.1, 0.15) is 5.75 Å². The summed E-state index contributed by atoms with van der Waals surface area (Å²) in [5.41, 5.74) is 1.32. The van der Waals surface area contributed by atoms with Crippen molar-refractivity contribution >= 4 is 11.6 Å². The second-order valence-corrected chi connectivity index (χ2v) is 4.24. The zero-order chi connectivity index (χ0) is 13.7. The Morgan fingerprint density at radius 3 is 2.95 bits per heavy atom. The normalized spacial score (nSPS) is 10.2. The lowest BCUT2D eigenvalue weighted by Crippen LogP contribution is -2.10.